The van der Waals surface area contributed by atoms with E-state index in [1.165, 1.54) is 0 Å². The molecule has 1 heterocycles. The van der Waals surface area contributed by atoms with Crippen molar-refractivity contribution in [2.75, 3.05) is 27.2 Å². The van der Waals surface area contributed by atoms with Gasteiger partial charge in [0.05, 0.1) is 0 Å². The van der Waals surface area contributed by atoms with Gasteiger partial charge in [-0.05, 0) is 25.7 Å². The summed E-state index contributed by atoms with van der Waals surface area (Å²) in [7, 11) is 3.88. The number of para-hydroxylation sites is 1. The van der Waals surface area contributed by atoms with E-state index < -0.39 is 6.10 Å². The summed E-state index contributed by atoms with van der Waals surface area (Å²) in [6.07, 6.45) is -0.701. The summed E-state index contributed by atoms with van der Waals surface area (Å²) >= 11 is 0. The van der Waals surface area contributed by atoms with Crippen LogP contribution in [0.25, 0.3) is 11.1 Å². The van der Waals surface area contributed by atoms with Crippen LogP contribution in [-0.4, -0.2) is 38.1 Å². The lowest BCUT2D eigenvalue weighted by Crippen LogP contribution is -2.27. The molecule has 2 aromatic rings. The number of esters is 1. The third-order valence-electron chi connectivity index (χ3n) is 3.66. The van der Waals surface area contributed by atoms with Crippen LogP contribution in [0, 0.1) is 0 Å². The molecule has 22 heavy (non-hydrogen) atoms. The van der Waals surface area contributed by atoms with E-state index in [1.54, 1.807) is 0 Å². The predicted octanol–water partition coefficient (Wildman–Crippen LogP) is 2.89. The van der Waals surface area contributed by atoms with Gasteiger partial charge in [0.15, 0.2) is 0 Å². The third-order valence-corrected chi connectivity index (χ3v) is 3.66. The number of nitrogens with zero attached hydrogens (tertiary/aromatic N) is 1. The number of ether oxygens (including phenoxy) is 2. The Morgan fingerprint density at radius 1 is 1.09 bits per heavy atom. The van der Waals surface area contributed by atoms with Crippen molar-refractivity contribution in [2.24, 2.45) is 0 Å². The van der Waals surface area contributed by atoms with E-state index in [4.69, 9.17) is 9.47 Å². The number of carbonyl (C=O) groups excluding carboxylic acids is 1. The molecule has 0 aromatic heterocycles. The molecule has 0 amide bonds. The van der Waals surface area contributed by atoms with Gasteiger partial charge in [-0.25, -0.2) is 4.79 Å². The highest BCUT2D eigenvalue weighted by Gasteiger charge is 2.32. The van der Waals surface area contributed by atoms with Gasteiger partial charge in [-0.2, -0.15) is 0 Å². The first kappa shape index (κ1) is 14.6. The normalized spacial score (nSPS) is 15.7. The smallest absolute Gasteiger partial charge is 0.352 e. The zero-order chi connectivity index (χ0) is 15.5. The van der Waals surface area contributed by atoms with Crippen LogP contribution in [0.5, 0.6) is 5.75 Å². The van der Waals surface area contributed by atoms with E-state index in [1.807, 2.05) is 67.5 Å². The Morgan fingerprint density at radius 2 is 1.77 bits per heavy atom. The van der Waals surface area contributed by atoms with Crippen molar-refractivity contribution in [3.8, 4) is 16.9 Å². The zero-order valence-electron chi connectivity index (χ0n) is 12.8. The standard InChI is InChI=1S/C18H19NO3/c1-19(2)11-12-21-18(20)17-15-9-4-3-7-13(15)14-8-5-6-10-16(14)22-17/h3-10,17H,11-12H2,1-2H3/t17-/m1/s1. The number of carbonyl (C=O) groups is 1. The summed E-state index contributed by atoms with van der Waals surface area (Å²) in [5, 5.41) is 0. The molecule has 1 aliphatic rings. The van der Waals surface area contributed by atoms with Crippen molar-refractivity contribution in [1.29, 1.82) is 0 Å². The highest BCUT2D eigenvalue weighted by atomic mass is 16.6. The Labute approximate surface area is 130 Å². The van der Waals surface area contributed by atoms with E-state index in [2.05, 4.69) is 0 Å². The first-order valence-electron chi connectivity index (χ1n) is 7.33. The van der Waals surface area contributed by atoms with E-state index in [0.29, 0.717) is 13.2 Å². The second-order valence-electron chi connectivity index (χ2n) is 5.55. The zero-order valence-corrected chi connectivity index (χ0v) is 12.8. The van der Waals surface area contributed by atoms with Crippen LogP contribution in [0.4, 0.5) is 0 Å². The Morgan fingerprint density at radius 3 is 2.55 bits per heavy atom. The Balaban J connectivity index is 1.87. The number of hydrogen-bond donors (Lipinski definition) is 0. The topological polar surface area (TPSA) is 38.8 Å². The lowest BCUT2D eigenvalue weighted by atomic mass is 9.93. The summed E-state index contributed by atoms with van der Waals surface area (Å²) in [6.45, 7) is 1.05. The third kappa shape index (κ3) is 2.83. The van der Waals surface area contributed by atoms with E-state index in [9.17, 15) is 4.79 Å². The van der Waals surface area contributed by atoms with Crippen molar-refractivity contribution < 1.29 is 14.3 Å². The molecule has 4 heteroatoms. The quantitative estimate of drug-likeness (QED) is 0.813. The summed E-state index contributed by atoms with van der Waals surface area (Å²) in [5.74, 6) is 0.375. The number of hydrogen-bond acceptors (Lipinski definition) is 4. The molecule has 0 radical (unpaired) electrons. The van der Waals surface area contributed by atoms with Crippen molar-refractivity contribution in [2.45, 2.75) is 6.10 Å². The minimum atomic E-state index is -0.701. The summed E-state index contributed by atoms with van der Waals surface area (Å²) < 4.78 is 11.2. The average Bonchev–Trinajstić information content (AvgIpc) is 2.53. The van der Waals surface area contributed by atoms with Gasteiger partial charge in [0.25, 0.3) is 0 Å². The minimum Gasteiger partial charge on any atom is -0.473 e. The molecule has 0 N–H and O–H groups in total. The highest BCUT2D eigenvalue weighted by molar-refractivity contribution is 5.85. The summed E-state index contributed by atoms with van der Waals surface area (Å²) in [4.78, 5) is 14.4. The number of fused-ring (bicyclic) bond motifs is 3. The van der Waals surface area contributed by atoms with Crippen molar-refractivity contribution >= 4 is 5.97 Å². The molecule has 1 atom stereocenters. The van der Waals surface area contributed by atoms with Crippen LogP contribution >= 0.6 is 0 Å². The van der Waals surface area contributed by atoms with Crippen molar-refractivity contribution in [1.82, 2.24) is 4.90 Å². The van der Waals surface area contributed by atoms with Crippen molar-refractivity contribution in [3.63, 3.8) is 0 Å². The SMILES string of the molecule is CN(C)CCOC(=O)[C@@H]1Oc2ccccc2-c2ccccc21. The molecule has 0 spiro atoms. The Bertz CT molecular complexity index is 682. The van der Waals surface area contributed by atoms with Crippen LogP contribution in [-0.2, 0) is 9.53 Å². The largest absolute Gasteiger partial charge is 0.473 e. The fourth-order valence-electron chi connectivity index (χ4n) is 2.53. The van der Waals surface area contributed by atoms with Gasteiger partial charge in [-0.3, -0.25) is 0 Å². The van der Waals surface area contributed by atoms with Gasteiger partial charge in [0, 0.05) is 17.7 Å². The fraction of sp³-hybridized carbons (Fsp3) is 0.278. The van der Waals surface area contributed by atoms with E-state index in [-0.39, 0.29) is 5.97 Å². The van der Waals surface area contributed by atoms with Crippen LogP contribution in [0.2, 0.25) is 0 Å². The molecule has 0 bridgehead atoms. The highest BCUT2D eigenvalue weighted by Crippen LogP contribution is 2.42. The molecule has 1 aliphatic heterocycles. The Hall–Kier alpha value is -2.33. The first-order chi connectivity index (χ1) is 10.7. The van der Waals surface area contributed by atoms with Crippen molar-refractivity contribution in [3.05, 3.63) is 54.1 Å². The van der Waals surface area contributed by atoms with Gasteiger partial charge < -0.3 is 14.4 Å². The Kier molecular flexibility index (Phi) is 4.11. The second-order valence-corrected chi connectivity index (χ2v) is 5.55. The molecule has 3 rings (SSSR count). The molecule has 114 valence electrons. The number of likely N-dealkylation sites (N-methyl/N-ethyl adjacent to an activating group) is 1. The van der Waals surface area contributed by atoms with Gasteiger partial charge in [0.2, 0.25) is 6.10 Å². The van der Waals surface area contributed by atoms with Crippen LogP contribution in [0.1, 0.15) is 11.7 Å². The fourth-order valence-corrected chi connectivity index (χ4v) is 2.53. The average molecular weight is 297 g/mol. The molecule has 0 fully saturated rings. The van der Waals surface area contributed by atoms with E-state index >= 15 is 0 Å². The molecular weight excluding hydrogens is 278 g/mol. The molecule has 0 saturated heterocycles. The van der Waals surface area contributed by atoms with Gasteiger partial charge in [-0.15, -0.1) is 0 Å². The summed E-state index contributed by atoms with van der Waals surface area (Å²) in [6, 6.07) is 15.6. The van der Waals surface area contributed by atoms with E-state index in [0.717, 1.165) is 22.4 Å². The van der Waals surface area contributed by atoms with Crippen LogP contribution < -0.4 is 4.74 Å². The monoisotopic (exact) mass is 297 g/mol. The first-order valence-corrected chi connectivity index (χ1v) is 7.33. The maximum absolute atomic E-state index is 12.4. The molecule has 0 aliphatic carbocycles. The van der Waals surface area contributed by atoms with Gasteiger partial charge in [0.1, 0.15) is 12.4 Å². The lowest BCUT2D eigenvalue weighted by molar-refractivity contribution is -0.152. The number of rotatable bonds is 4. The lowest BCUT2D eigenvalue weighted by Gasteiger charge is -2.27. The molecule has 4 nitrogen and oxygen atoms in total. The molecule has 0 unspecified atom stereocenters. The maximum Gasteiger partial charge on any atom is 0.352 e. The predicted molar refractivity (Wildman–Crippen MR) is 84.8 cm³/mol. The van der Waals surface area contributed by atoms with Crippen LogP contribution in [0.15, 0.2) is 48.5 Å². The van der Waals surface area contributed by atoms with Gasteiger partial charge >= 0.3 is 5.97 Å². The summed E-state index contributed by atoms with van der Waals surface area (Å²) in [5.41, 5.74) is 2.89. The maximum atomic E-state index is 12.4. The molecule has 2 aromatic carbocycles. The van der Waals surface area contributed by atoms with Gasteiger partial charge in [-0.1, -0.05) is 42.5 Å². The van der Waals surface area contributed by atoms with Crippen LogP contribution in [0.3, 0.4) is 0 Å². The second kappa shape index (κ2) is 6.20. The minimum absolute atomic E-state index is 0.344. The number of benzene rings is 2. The molecule has 0 saturated carbocycles. The molecular formula is C18H19NO3.